The van der Waals surface area contributed by atoms with E-state index in [9.17, 15) is 22.8 Å². The normalized spacial score (nSPS) is 17.9. The minimum Gasteiger partial charge on any atom is -0.344 e. The summed E-state index contributed by atoms with van der Waals surface area (Å²) in [5.41, 5.74) is -0.337. The number of likely N-dealkylation sites (N-methyl/N-ethyl adjacent to an activating group) is 2. The molecular weight excluding hydrogens is 335 g/mol. The summed E-state index contributed by atoms with van der Waals surface area (Å²) in [5.74, 6) is -0.770. The van der Waals surface area contributed by atoms with Gasteiger partial charge in [-0.05, 0) is 24.7 Å². The van der Waals surface area contributed by atoms with Crippen molar-refractivity contribution >= 4 is 11.8 Å². The van der Waals surface area contributed by atoms with E-state index >= 15 is 0 Å². The molecule has 1 N–H and O–H groups in total. The number of rotatable bonds is 6. The molecule has 1 aromatic carbocycles. The lowest BCUT2D eigenvalue weighted by Gasteiger charge is -2.21. The van der Waals surface area contributed by atoms with Gasteiger partial charge in [-0.3, -0.25) is 9.59 Å². The molecule has 1 aliphatic rings. The average molecular weight is 357 g/mol. The van der Waals surface area contributed by atoms with Gasteiger partial charge < -0.3 is 15.1 Å². The topological polar surface area (TPSA) is 52.7 Å². The first-order chi connectivity index (χ1) is 11.7. The molecule has 1 saturated heterocycles. The van der Waals surface area contributed by atoms with Crippen molar-refractivity contribution in [3.8, 4) is 0 Å². The molecule has 1 atom stereocenters. The highest BCUT2D eigenvalue weighted by molar-refractivity contribution is 5.89. The number of hydrogen-bond acceptors (Lipinski definition) is 3. The van der Waals surface area contributed by atoms with E-state index in [0.717, 1.165) is 12.1 Å². The number of alkyl halides is 3. The second kappa shape index (κ2) is 7.86. The molecule has 8 heteroatoms. The molecule has 0 aliphatic carbocycles. The van der Waals surface area contributed by atoms with Gasteiger partial charge in [0, 0.05) is 39.6 Å². The van der Waals surface area contributed by atoms with E-state index in [0.29, 0.717) is 18.7 Å². The molecule has 138 valence electrons. The molecule has 0 bridgehead atoms. The van der Waals surface area contributed by atoms with Gasteiger partial charge in [0.25, 0.3) is 0 Å². The highest BCUT2D eigenvalue weighted by atomic mass is 19.4. The Balaban J connectivity index is 2.00. The van der Waals surface area contributed by atoms with Crippen LogP contribution in [0.25, 0.3) is 0 Å². The van der Waals surface area contributed by atoms with Crippen molar-refractivity contribution < 1.29 is 22.8 Å². The minimum absolute atomic E-state index is 0.0762. The van der Waals surface area contributed by atoms with Gasteiger partial charge in [0.15, 0.2) is 0 Å². The van der Waals surface area contributed by atoms with Gasteiger partial charge in [-0.25, -0.2) is 0 Å². The lowest BCUT2D eigenvalue weighted by molar-refractivity contribution is -0.137. The van der Waals surface area contributed by atoms with Crippen LogP contribution >= 0.6 is 0 Å². The van der Waals surface area contributed by atoms with Crippen LogP contribution in [0.1, 0.15) is 17.5 Å². The molecular formula is C17H22F3N3O2. The number of nitrogens with one attached hydrogen (secondary N) is 1. The zero-order valence-electron chi connectivity index (χ0n) is 14.3. The van der Waals surface area contributed by atoms with Gasteiger partial charge in [-0.15, -0.1) is 0 Å². The maximum Gasteiger partial charge on any atom is 0.416 e. The van der Waals surface area contributed by atoms with Crippen LogP contribution in [-0.4, -0.2) is 55.3 Å². The quantitative estimate of drug-likeness (QED) is 0.844. The van der Waals surface area contributed by atoms with E-state index in [1.54, 1.807) is 25.1 Å². The second-order valence-electron chi connectivity index (χ2n) is 6.24. The summed E-state index contributed by atoms with van der Waals surface area (Å²) in [7, 11) is 3.47. The molecule has 0 aromatic heterocycles. The number of carbonyl (C=O) groups excluding carboxylic acids is 2. The van der Waals surface area contributed by atoms with Crippen LogP contribution in [0.15, 0.2) is 24.3 Å². The van der Waals surface area contributed by atoms with Gasteiger partial charge in [-0.2, -0.15) is 13.2 Å². The average Bonchev–Trinajstić information content (AvgIpc) is 2.92. The Morgan fingerprint density at radius 1 is 1.40 bits per heavy atom. The Morgan fingerprint density at radius 2 is 2.12 bits per heavy atom. The Labute approximate surface area is 144 Å². The van der Waals surface area contributed by atoms with Crippen molar-refractivity contribution in [2.75, 3.05) is 33.7 Å². The van der Waals surface area contributed by atoms with Crippen molar-refractivity contribution in [3.63, 3.8) is 0 Å². The summed E-state index contributed by atoms with van der Waals surface area (Å²) < 4.78 is 38.3. The molecule has 1 unspecified atom stereocenters. The first-order valence-corrected chi connectivity index (χ1v) is 8.06. The summed E-state index contributed by atoms with van der Waals surface area (Å²) in [4.78, 5) is 27.5. The third-order valence-corrected chi connectivity index (χ3v) is 4.26. The van der Waals surface area contributed by atoms with E-state index in [-0.39, 0.29) is 31.3 Å². The molecule has 1 aromatic rings. The maximum absolute atomic E-state index is 12.8. The summed E-state index contributed by atoms with van der Waals surface area (Å²) in [5, 5.41) is 2.95. The van der Waals surface area contributed by atoms with Crippen molar-refractivity contribution in [1.29, 1.82) is 0 Å². The summed E-state index contributed by atoms with van der Waals surface area (Å²) in [6.07, 6.45) is -4.32. The number of likely N-dealkylation sites (tertiary alicyclic amines) is 1. The number of benzene rings is 1. The van der Waals surface area contributed by atoms with Crippen molar-refractivity contribution in [2.24, 2.45) is 5.92 Å². The van der Waals surface area contributed by atoms with E-state index in [1.807, 2.05) is 0 Å². The van der Waals surface area contributed by atoms with E-state index < -0.39 is 17.7 Å². The van der Waals surface area contributed by atoms with Crippen LogP contribution < -0.4 is 5.32 Å². The van der Waals surface area contributed by atoms with Crippen LogP contribution in [0.5, 0.6) is 0 Å². The standard InChI is InChI=1S/C17H22F3N3O2/c1-21-6-7-22(2)16(25)13-9-15(24)23(11-13)10-12-4-3-5-14(8-12)17(18,19)20/h3-5,8,13,21H,6-7,9-11H2,1-2H3. The third kappa shape index (κ3) is 4.94. The van der Waals surface area contributed by atoms with Crippen LogP contribution in [0.2, 0.25) is 0 Å². The molecule has 0 saturated carbocycles. The molecule has 1 aliphatic heterocycles. The molecule has 5 nitrogen and oxygen atoms in total. The van der Waals surface area contributed by atoms with Crippen LogP contribution in [-0.2, 0) is 22.3 Å². The lowest BCUT2D eigenvalue weighted by atomic mass is 10.1. The zero-order chi connectivity index (χ0) is 18.6. The first kappa shape index (κ1) is 19.2. The summed E-state index contributed by atoms with van der Waals surface area (Å²) >= 11 is 0. The Hall–Kier alpha value is -2.09. The van der Waals surface area contributed by atoms with Crippen LogP contribution in [0.4, 0.5) is 13.2 Å². The van der Waals surface area contributed by atoms with Gasteiger partial charge >= 0.3 is 6.18 Å². The van der Waals surface area contributed by atoms with Gasteiger partial charge in [0.1, 0.15) is 0 Å². The molecule has 1 heterocycles. The monoisotopic (exact) mass is 357 g/mol. The van der Waals surface area contributed by atoms with Crippen molar-refractivity contribution in [3.05, 3.63) is 35.4 Å². The SMILES string of the molecule is CNCCN(C)C(=O)C1CC(=O)N(Cc2cccc(C(F)(F)F)c2)C1. The Kier molecular flexibility index (Phi) is 6.05. The smallest absolute Gasteiger partial charge is 0.344 e. The highest BCUT2D eigenvalue weighted by Crippen LogP contribution is 2.30. The number of hydrogen-bond donors (Lipinski definition) is 1. The van der Waals surface area contributed by atoms with E-state index in [2.05, 4.69) is 5.32 Å². The molecule has 0 spiro atoms. The summed E-state index contributed by atoms with van der Waals surface area (Å²) in [6, 6.07) is 4.92. The number of nitrogens with zero attached hydrogens (tertiary/aromatic N) is 2. The van der Waals surface area contributed by atoms with E-state index in [4.69, 9.17) is 0 Å². The number of halogens is 3. The minimum atomic E-state index is -4.42. The number of amides is 2. The third-order valence-electron chi connectivity index (χ3n) is 4.26. The molecule has 0 radical (unpaired) electrons. The van der Waals surface area contributed by atoms with Gasteiger partial charge in [-0.1, -0.05) is 12.1 Å². The van der Waals surface area contributed by atoms with Gasteiger partial charge in [0.2, 0.25) is 11.8 Å². The fourth-order valence-electron chi connectivity index (χ4n) is 2.86. The van der Waals surface area contributed by atoms with E-state index in [1.165, 1.54) is 11.0 Å². The second-order valence-corrected chi connectivity index (χ2v) is 6.24. The van der Waals surface area contributed by atoms with Crippen molar-refractivity contribution in [2.45, 2.75) is 19.1 Å². The molecule has 1 fully saturated rings. The Morgan fingerprint density at radius 3 is 2.76 bits per heavy atom. The highest BCUT2D eigenvalue weighted by Gasteiger charge is 2.36. The van der Waals surface area contributed by atoms with Crippen LogP contribution in [0, 0.1) is 5.92 Å². The number of carbonyl (C=O) groups is 2. The first-order valence-electron chi connectivity index (χ1n) is 8.06. The van der Waals surface area contributed by atoms with Crippen molar-refractivity contribution in [1.82, 2.24) is 15.1 Å². The Bertz CT molecular complexity index is 634. The molecule has 25 heavy (non-hydrogen) atoms. The molecule has 2 rings (SSSR count). The zero-order valence-corrected chi connectivity index (χ0v) is 14.3. The summed E-state index contributed by atoms with van der Waals surface area (Å²) in [6.45, 7) is 1.50. The fraction of sp³-hybridized carbons (Fsp3) is 0.529. The lowest BCUT2D eigenvalue weighted by Crippen LogP contribution is -2.38. The fourth-order valence-corrected chi connectivity index (χ4v) is 2.86. The predicted octanol–water partition coefficient (Wildman–Crippen LogP) is 1.73. The molecule has 2 amide bonds. The largest absolute Gasteiger partial charge is 0.416 e. The maximum atomic E-state index is 12.8. The predicted molar refractivity (Wildman–Crippen MR) is 86.5 cm³/mol. The van der Waals surface area contributed by atoms with Crippen LogP contribution in [0.3, 0.4) is 0 Å². The van der Waals surface area contributed by atoms with Gasteiger partial charge in [0.05, 0.1) is 11.5 Å².